The quantitative estimate of drug-likeness (QED) is 0.0153. The maximum atomic E-state index is 10.3. The van der Waals surface area contributed by atoms with Crippen molar-refractivity contribution >= 4 is 106 Å². The molecule has 868 valence electrons. The van der Waals surface area contributed by atoms with Gasteiger partial charge in [0.05, 0.1) is 0 Å². The van der Waals surface area contributed by atoms with Crippen LogP contribution in [0.25, 0.3) is 0 Å². The van der Waals surface area contributed by atoms with Crippen molar-refractivity contribution in [2.45, 2.75) is 135 Å². The Morgan fingerprint density at radius 3 is 0.272 bits per heavy atom. The van der Waals surface area contributed by atoms with Crippen LogP contribution in [0.1, 0.15) is 135 Å². The minimum Gasteiger partial charge on any atom is -0.811 e. The number of rotatable bonds is 70. The van der Waals surface area contributed by atoms with Crippen LogP contribution in [0.4, 0.5) is 0 Å². The van der Waals surface area contributed by atoms with Crippen molar-refractivity contribution < 1.29 is 408 Å². The van der Waals surface area contributed by atoms with E-state index in [0.29, 0.717) is 194 Å². The molecule has 0 saturated heterocycles. The van der Waals surface area contributed by atoms with Crippen molar-refractivity contribution in [1.29, 1.82) is 0 Å². The van der Waals surface area contributed by atoms with Crippen molar-refractivity contribution in [1.82, 2.24) is 37.2 Å². The van der Waals surface area contributed by atoms with E-state index in [4.69, 9.17) is 183 Å². The molecule has 1 atom stereocenters. The van der Waals surface area contributed by atoms with E-state index in [1.807, 2.05) is 0 Å². The van der Waals surface area contributed by atoms with Crippen LogP contribution in [0, 0.1) is 0 Å². The summed E-state index contributed by atoms with van der Waals surface area (Å²) in [6, 6.07) is 0. The monoisotopic (exact) mass is 2500 g/mol. The molecule has 0 aromatic rings. The minimum atomic E-state index is -4.47. The van der Waals surface area contributed by atoms with Gasteiger partial charge in [0.15, 0.2) is 0 Å². The number of nitrogens with two attached hydrogens (primary N) is 14. The third-order valence-electron chi connectivity index (χ3n) is 14.2. The Bertz CT molecular complexity index is 2580. The smallest absolute Gasteiger partial charge is 0.811 e. The summed E-state index contributed by atoms with van der Waals surface area (Å²) in [4.78, 5) is 248. The van der Waals surface area contributed by atoms with Crippen LogP contribution in [0.3, 0.4) is 0 Å². The Kier molecular flexibility index (Phi) is 192. The summed E-state index contributed by atoms with van der Waals surface area (Å²) in [7, 11) is -57.0. The van der Waals surface area contributed by atoms with Gasteiger partial charge < -0.3 is 273 Å². The molecular formula is C63H182N21Na7O42P14. The van der Waals surface area contributed by atoms with E-state index >= 15 is 0 Å². The zero-order valence-electron chi connectivity index (χ0n) is 87.4. The van der Waals surface area contributed by atoms with Crippen LogP contribution >= 0.6 is 106 Å². The number of unbranched alkanes of at least 4 members (excludes halogenated alkanes) is 14. The van der Waals surface area contributed by atoms with Crippen molar-refractivity contribution in [3.05, 3.63) is 0 Å². The Labute approximate surface area is 1020 Å². The van der Waals surface area contributed by atoms with E-state index in [1.54, 1.807) is 0 Å². The molecule has 147 heavy (non-hydrogen) atoms. The molecule has 0 spiro atoms. The van der Waals surface area contributed by atoms with E-state index < -0.39 is 125 Å². The van der Waals surface area contributed by atoms with Gasteiger partial charge in [0.2, 0.25) is 0 Å². The SMILES string of the molecule is NCCNCCN.NCCNCCN.NCCNCCN.NCCNCCN.NCCNCCN.NCCNCCN.NCCNCCN.O=P(O)(O)CCCCCP(=O)(O)O.O=P(O)(O)CCCCCP(=O)(O)O.O=P(O)(O)CCCCCP(=O)(O)O.O=P(O)(O)CCCCCP(=O)(O)O.O=P(O)(O)CCCCCP(=O)(O)O.O=P([O-])([O-])CCCCCP(=O)([O-])O.O=P([O-])([O-])CCCCCP(=O)([O-])[O-].[Na+].[Na+].[Na+].[Na+].[Na+].[Na+].[Na+]. The number of nitrogens with one attached hydrogen (secondary N) is 7. The molecule has 0 aliphatic heterocycles. The first-order chi connectivity index (χ1) is 63.8. The van der Waals surface area contributed by atoms with E-state index in [9.17, 15) is 98.2 Å². The second kappa shape index (κ2) is 138. The van der Waals surface area contributed by atoms with Crippen LogP contribution in [0.5, 0.6) is 0 Å². The molecule has 0 bridgehead atoms. The molecule has 0 aromatic carbocycles. The van der Waals surface area contributed by atoms with Gasteiger partial charge >= 0.3 is 283 Å². The third-order valence-corrected chi connectivity index (χ3v) is 26.7. The fourth-order valence-corrected chi connectivity index (χ4v) is 16.8. The number of hydrogen-bond donors (Lipinski definition) is 42. The molecule has 0 aromatic heterocycles. The van der Waals surface area contributed by atoms with Crippen molar-refractivity contribution in [2.75, 3.05) is 270 Å². The van der Waals surface area contributed by atoms with Gasteiger partial charge in [-0.15, -0.1) is 0 Å². The van der Waals surface area contributed by atoms with Crippen LogP contribution in [0.2, 0.25) is 0 Å². The average molecular weight is 2500 g/mol. The average Bonchev–Trinajstić information content (AvgIpc) is 1.00. The Hall–Kier alpha value is 8.26. The summed E-state index contributed by atoms with van der Waals surface area (Å²) >= 11 is 0. The largest absolute Gasteiger partial charge is 1.00 e. The standard InChI is InChI=1S/7C5H14O6P2.7C4H13N3.7Na/c7*6-12(7,8)4-2-1-3-5-13(9,10)11;7*5-1-3-7-4-2-6;;;;;;;/h7*1-5H2,(H2,6,7,8)(H2,9,10,11);7*7H,1-6H2;;;;;;;/q;;;;;;;;;;;;;;7*+1/p-7. The van der Waals surface area contributed by atoms with Gasteiger partial charge in [-0.05, 0) is 108 Å². The molecule has 0 fully saturated rings. The summed E-state index contributed by atoms with van der Waals surface area (Å²) in [5.41, 5.74) is 72.3. The Morgan fingerprint density at radius 2 is 0.211 bits per heavy atom. The van der Waals surface area contributed by atoms with Crippen LogP contribution in [-0.2, 0) is 63.9 Å². The van der Waals surface area contributed by atoms with E-state index in [0.717, 1.165) is 91.6 Å². The predicted molar refractivity (Wildman–Crippen MR) is 535 cm³/mol. The molecule has 0 amide bonds. The first-order valence-electron chi connectivity index (χ1n) is 44.1. The van der Waals surface area contributed by atoms with Crippen molar-refractivity contribution in [2.24, 2.45) is 80.3 Å². The molecule has 63 nitrogen and oxygen atoms in total. The first-order valence-corrected chi connectivity index (χ1v) is 69.0. The minimum absolute atomic E-state index is 0. The van der Waals surface area contributed by atoms with Gasteiger partial charge in [-0.25, -0.2) is 0 Å². The van der Waals surface area contributed by atoms with Gasteiger partial charge in [0.25, 0.3) is 0 Å². The summed E-state index contributed by atoms with van der Waals surface area (Å²) < 4.78 is 144. The van der Waals surface area contributed by atoms with Gasteiger partial charge in [0, 0.05) is 251 Å². The van der Waals surface area contributed by atoms with Gasteiger partial charge in [-0.1, -0.05) is 67.7 Å². The zero-order valence-corrected chi connectivity index (χ0v) is 114. The summed E-state index contributed by atoms with van der Waals surface area (Å²) in [6.45, 7) is 21.9. The first kappa shape index (κ1) is 205. The fraction of sp³-hybridized carbons (Fsp3) is 1.00. The Morgan fingerprint density at radius 1 is 0.136 bits per heavy atom. The fourth-order valence-electron chi connectivity index (χ4n) is 7.95. The molecule has 0 aliphatic carbocycles. The molecule has 56 N–H and O–H groups in total. The maximum Gasteiger partial charge on any atom is 1.00 e. The maximum absolute atomic E-state index is 10.3. The van der Waals surface area contributed by atoms with Crippen LogP contribution in [-0.4, -0.2) is 372 Å². The molecular weight excluding hydrogens is 2320 g/mol. The predicted octanol–water partition coefficient (Wildman–Crippen LogP) is -32.4. The molecule has 0 saturated carbocycles. The molecule has 84 heteroatoms. The summed E-state index contributed by atoms with van der Waals surface area (Å²) in [5.74, 6) is 0. The summed E-state index contributed by atoms with van der Waals surface area (Å²) in [6.07, 6.45) is 2.30. The second-order valence-electron chi connectivity index (χ2n) is 29.0. The normalized spacial score (nSPS) is 11.7. The van der Waals surface area contributed by atoms with Gasteiger partial charge in [0.1, 0.15) is 7.60 Å². The third kappa shape index (κ3) is 317. The molecule has 0 aliphatic rings. The van der Waals surface area contributed by atoms with Crippen molar-refractivity contribution in [3.8, 4) is 0 Å². The molecule has 0 heterocycles. The Balaban J connectivity index is -0.0000000615. The molecule has 0 radical (unpaired) electrons. The van der Waals surface area contributed by atoms with Gasteiger partial charge in [-0.3, -0.25) is 45.7 Å². The van der Waals surface area contributed by atoms with Crippen LogP contribution in [0.15, 0.2) is 0 Å². The number of hydrogen-bond acceptors (Lipinski definition) is 42. The van der Waals surface area contributed by atoms with E-state index in [2.05, 4.69) is 37.2 Å². The van der Waals surface area contributed by atoms with E-state index in [-0.39, 0.29) is 307 Å². The molecule has 0 rings (SSSR count). The zero-order chi connectivity index (χ0) is 112. The second-order valence-corrected chi connectivity index (χ2v) is 53.5. The topological polar surface area (TPSA) is 1270 Å². The summed E-state index contributed by atoms with van der Waals surface area (Å²) in [5, 5.41) is 21.2. The van der Waals surface area contributed by atoms with E-state index in [1.165, 1.54) is 0 Å². The van der Waals surface area contributed by atoms with Gasteiger partial charge in [-0.2, -0.15) is 0 Å². The molecule has 1 unspecified atom stereocenters. The van der Waals surface area contributed by atoms with Crippen molar-refractivity contribution in [3.63, 3.8) is 0 Å². The van der Waals surface area contributed by atoms with Crippen LogP contribution < -0.4 is 359 Å².